The van der Waals surface area contributed by atoms with Crippen LogP contribution in [0.3, 0.4) is 0 Å². The molecule has 0 aromatic heterocycles. The Hall–Kier alpha value is -2.63. The highest BCUT2D eigenvalue weighted by Gasteiger charge is 2.60. The second-order valence-electron chi connectivity index (χ2n) is 6.06. The van der Waals surface area contributed by atoms with E-state index in [1.54, 1.807) is 29.2 Å². The minimum Gasteiger partial charge on any atom is -0.453 e. The maximum absolute atomic E-state index is 12.9. The van der Waals surface area contributed by atoms with E-state index in [1.165, 1.54) is 12.0 Å². The molecule has 0 spiro atoms. The van der Waals surface area contributed by atoms with Crippen molar-refractivity contribution in [2.24, 2.45) is 17.8 Å². The van der Waals surface area contributed by atoms with Gasteiger partial charge in [0.25, 0.3) is 0 Å². The number of carbonyl (C=O) groups is 3. The highest BCUT2D eigenvalue weighted by atomic mass is 16.5. The lowest BCUT2D eigenvalue weighted by Gasteiger charge is -2.45. The second-order valence-corrected chi connectivity index (χ2v) is 6.06. The largest absolute Gasteiger partial charge is 0.453 e. The molecule has 6 nitrogen and oxygen atoms in total. The summed E-state index contributed by atoms with van der Waals surface area (Å²) in [6, 6.07) is 8.52. The van der Waals surface area contributed by atoms with Gasteiger partial charge in [-0.15, -0.1) is 0 Å². The van der Waals surface area contributed by atoms with E-state index in [0.29, 0.717) is 12.2 Å². The van der Waals surface area contributed by atoms with Crippen molar-refractivity contribution in [1.29, 1.82) is 0 Å². The van der Waals surface area contributed by atoms with Gasteiger partial charge in [-0.25, -0.2) is 9.69 Å². The third kappa shape index (κ3) is 1.84. The summed E-state index contributed by atoms with van der Waals surface area (Å²) < 4.78 is 4.81. The van der Waals surface area contributed by atoms with Crippen molar-refractivity contribution in [2.45, 2.75) is 6.04 Å². The molecule has 23 heavy (non-hydrogen) atoms. The summed E-state index contributed by atoms with van der Waals surface area (Å²) in [5.41, 5.74) is 0.584. The summed E-state index contributed by atoms with van der Waals surface area (Å²) in [6.07, 6.45) is 3.35. The Morgan fingerprint density at radius 3 is 2.48 bits per heavy atom. The maximum Gasteiger partial charge on any atom is 0.410 e. The van der Waals surface area contributed by atoms with E-state index in [-0.39, 0.29) is 17.7 Å². The summed E-state index contributed by atoms with van der Waals surface area (Å²) >= 11 is 0. The number of anilines is 1. The fourth-order valence-electron chi connectivity index (χ4n) is 3.98. The first-order chi connectivity index (χ1) is 11.1. The molecule has 2 fully saturated rings. The molecule has 1 aliphatic carbocycles. The molecule has 0 unspecified atom stereocenters. The van der Waals surface area contributed by atoms with Gasteiger partial charge in [0.15, 0.2) is 0 Å². The first kappa shape index (κ1) is 14.0. The van der Waals surface area contributed by atoms with Gasteiger partial charge in [-0.05, 0) is 12.1 Å². The molecule has 3 amide bonds. The number of rotatable bonds is 1. The molecule has 4 atom stereocenters. The Morgan fingerprint density at radius 2 is 1.78 bits per heavy atom. The zero-order valence-electron chi connectivity index (χ0n) is 12.6. The molecule has 0 radical (unpaired) electrons. The van der Waals surface area contributed by atoms with Gasteiger partial charge in [-0.2, -0.15) is 0 Å². The van der Waals surface area contributed by atoms with Crippen molar-refractivity contribution >= 4 is 23.6 Å². The Labute approximate surface area is 133 Å². The standard InChI is InChI=1S/C17H16N2O4/c1-23-17(22)18-9-10-7-8-12(18)14-13(10)15(20)19(16(14)21)11-5-3-2-4-6-11/h2-8,10,12-14H,9H2,1H3/t10-,12-,13-,14+/m0/s1. The van der Waals surface area contributed by atoms with Gasteiger partial charge in [0, 0.05) is 12.5 Å². The topological polar surface area (TPSA) is 66.9 Å². The fourth-order valence-corrected chi connectivity index (χ4v) is 3.98. The summed E-state index contributed by atoms with van der Waals surface area (Å²) in [7, 11) is 1.32. The zero-order chi connectivity index (χ0) is 16.1. The summed E-state index contributed by atoms with van der Waals surface area (Å²) in [6.45, 7) is 0.413. The maximum atomic E-state index is 12.9. The number of piperidine rings is 1. The van der Waals surface area contributed by atoms with Crippen LogP contribution in [0.2, 0.25) is 0 Å². The molecule has 118 valence electrons. The van der Waals surface area contributed by atoms with Crippen LogP contribution in [0.1, 0.15) is 0 Å². The number of hydrogen-bond donors (Lipinski definition) is 0. The molecule has 2 saturated heterocycles. The lowest BCUT2D eigenvalue weighted by Crippen LogP contribution is -2.57. The molecule has 0 N–H and O–H groups in total. The van der Waals surface area contributed by atoms with E-state index >= 15 is 0 Å². The van der Waals surface area contributed by atoms with Crippen LogP contribution in [0, 0.1) is 17.8 Å². The van der Waals surface area contributed by atoms with E-state index in [0.717, 1.165) is 0 Å². The summed E-state index contributed by atoms with van der Waals surface area (Å²) in [5.74, 6) is -1.47. The predicted molar refractivity (Wildman–Crippen MR) is 81.4 cm³/mol. The van der Waals surface area contributed by atoms with Crippen molar-refractivity contribution in [3.05, 3.63) is 42.5 Å². The number of para-hydroxylation sites is 1. The van der Waals surface area contributed by atoms with E-state index in [4.69, 9.17) is 4.74 Å². The van der Waals surface area contributed by atoms with Crippen molar-refractivity contribution in [3.63, 3.8) is 0 Å². The number of hydrogen-bond acceptors (Lipinski definition) is 4. The third-order valence-corrected chi connectivity index (χ3v) is 4.97. The number of ether oxygens (including phenoxy) is 1. The van der Waals surface area contributed by atoms with Crippen LogP contribution in [-0.4, -0.2) is 42.5 Å². The molecule has 1 aromatic carbocycles. The van der Waals surface area contributed by atoms with Gasteiger partial charge in [0.05, 0.1) is 30.7 Å². The van der Waals surface area contributed by atoms with Gasteiger partial charge in [-0.3, -0.25) is 9.59 Å². The number of amides is 3. The van der Waals surface area contributed by atoms with Gasteiger partial charge in [0.2, 0.25) is 11.8 Å². The van der Waals surface area contributed by atoms with Crippen molar-refractivity contribution in [3.8, 4) is 0 Å². The molecule has 1 aromatic rings. The van der Waals surface area contributed by atoms with Crippen LogP contribution in [0.5, 0.6) is 0 Å². The molecular formula is C17H16N2O4. The van der Waals surface area contributed by atoms with Crippen LogP contribution < -0.4 is 4.90 Å². The number of imide groups is 1. The lowest BCUT2D eigenvalue weighted by atomic mass is 9.70. The summed E-state index contributed by atoms with van der Waals surface area (Å²) in [4.78, 5) is 40.5. The van der Waals surface area contributed by atoms with Crippen LogP contribution in [0.15, 0.2) is 42.5 Å². The number of nitrogens with zero attached hydrogens (tertiary/aromatic N) is 2. The normalized spacial score (nSPS) is 31.5. The van der Waals surface area contributed by atoms with E-state index in [2.05, 4.69) is 0 Å². The number of methoxy groups -OCH3 is 1. The molecule has 5 rings (SSSR count). The average Bonchev–Trinajstić information content (AvgIpc) is 2.88. The Balaban J connectivity index is 1.73. The van der Waals surface area contributed by atoms with Gasteiger partial charge >= 0.3 is 6.09 Å². The SMILES string of the molecule is COC(=O)N1C[C@@H]2C=C[C@H]1[C@H]1C(=O)N(c3ccccc3)C(=O)[C@H]12. The Bertz CT molecular complexity index is 715. The van der Waals surface area contributed by atoms with E-state index in [9.17, 15) is 14.4 Å². The van der Waals surface area contributed by atoms with Crippen LogP contribution in [0.25, 0.3) is 0 Å². The second kappa shape index (κ2) is 4.94. The number of benzene rings is 1. The first-order valence-corrected chi connectivity index (χ1v) is 7.59. The molecular weight excluding hydrogens is 296 g/mol. The van der Waals surface area contributed by atoms with E-state index in [1.807, 2.05) is 18.2 Å². The third-order valence-electron chi connectivity index (χ3n) is 4.97. The van der Waals surface area contributed by atoms with Gasteiger partial charge < -0.3 is 9.64 Å². The zero-order valence-corrected chi connectivity index (χ0v) is 12.6. The molecule has 6 heteroatoms. The Morgan fingerprint density at radius 1 is 1.09 bits per heavy atom. The number of fused-ring (bicyclic) bond motifs is 1. The monoisotopic (exact) mass is 312 g/mol. The molecule has 3 heterocycles. The highest BCUT2D eigenvalue weighted by Crippen LogP contribution is 2.46. The van der Waals surface area contributed by atoms with Gasteiger partial charge in [-0.1, -0.05) is 30.4 Å². The first-order valence-electron chi connectivity index (χ1n) is 7.59. The lowest BCUT2D eigenvalue weighted by molar-refractivity contribution is -0.125. The molecule has 4 aliphatic rings. The van der Waals surface area contributed by atoms with Crippen molar-refractivity contribution in [1.82, 2.24) is 4.90 Å². The van der Waals surface area contributed by atoms with Crippen LogP contribution in [-0.2, 0) is 14.3 Å². The van der Waals surface area contributed by atoms with Crippen molar-refractivity contribution < 1.29 is 19.1 Å². The fraction of sp³-hybridized carbons (Fsp3) is 0.353. The highest BCUT2D eigenvalue weighted by molar-refractivity contribution is 6.22. The smallest absolute Gasteiger partial charge is 0.410 e. The Kier molecular flexibility index (Phi) is 3.01. The van der Waals surface area contributed by atoms with Crippen molar-refractivity contribution in [2.75, 3.05) is 18.6 Å². The number of carbonyl (C=O) groups excluding carboxylic acids is 3. The van der Waals surface area contributed by atoms with Gasteiger partial charge in [0.1, 0.15) is 0 Å². The molecule has 0 saturated carbocycles. The quantitative estimate of drug-likeness (QED) is 0.581. The van der Waals surface area contributed by atoms with Crippen LogP contribution in [0.4, 0.5) is 10.5 Å². The average molecular weight is 312 g/mol. The predicted octanol–water partition coefficient (Wildman–Crippen LogP) is 1.43. The minimum atomic E-state index is -0.523. The molecule has 2 bridgehead atoms. The molecule has 3 aliphatic heterocycles. The van der Waals surface area contributed by atoms with E-state index < -0.39 is 24.0 Å². The minimum absolute atomic E-state index is 0.144. The summed E-state index contributed by atoms with van der Waals surface area (Å²) in [5, 5.41) is 0. The van der Waals surface area contributed by atoms with Crippen LogP contribution >= 0.6 is 0 Å².